The lowest BCUT2D eigenvalue weighted by Gasteiger charge is -2.11. The van der Waals surface area contributed by atoms with Crippen molar-refractivity contribution in [3.05, 3.63) is 30.3 Å². The quantitative estimate of drug-likeness (QED) is 0.804. The number of H-pyrrole nitrogens is 1. The molecule has 0 saturated heterocycles. The number of ether oxygens (including phenoxy) is 3. The molecule has 0 amide bonds. The normalized spacial score (nSPS) is 13.4. The summed E-state index contributed by atoms with van der Waals surface area (Å²) in [5.41, 5.74) is 1.97. The van der Waals surface area contributed by atoms with Gasteiger partial charge in [0.25, 0.3) is 0 Å². The molecule has 5 heteroatoms. The summed E-state index contributed by atoms with van der Waals surface area (Å²) in [4.78, 5) is 5.54. The summed E-state index contributed by atoms with van der Waals surface area (Å²) in [6.45, 7) is 1.80. The Morgan fingerprint density at radius 1 is 1.09 bits per heavy atom. The summed E-state index contributed by atoms with van der Waals surface area (Å²) in [5.74, 6) is 2.44. The van der Waals surface area contributed by atoms with Crippen molar-refractivity contribution >= 4 is 21.8 Å². The molecule has 0 spiro atoms. The van der Waals surface area contributed by atoms with E-state index in [1.54, 1.807) is 0 Å². The second-order valence-electron chi connectivity index (χ2n) is 5.68. The first-order valence-corrected chi connectivity index (χ1v) is 7.34. The molecule has 0 fully saturated rings. The molecule has 0 aliphatic carbocycles. The van der Waals surface area contributed by atoms with Crippen molar-refractivity contribution in [3.8, 4) is 17.2 Å². The Bertz CT molecular complexity index is 839. The van der Waals surface area contributed by atoms with Crippen LogP contribution < -0.4 is 14.2 Å². The van der Waals surface area contributed by atoms with E-state index in [-0.39, 0.29) is 6.79 Å². The van der Waals surface area contributed by atoms with E-state index in [0.29, 0.717) is 6.61 Å². The monoisotopic (exact) mass is 298 g/mol. The second-order valence-corrected chi connectivity index (χ2v) is 5.68. The molecule has 1 aliphatic heterocycles. The Balaban J connectivity index is 1.81. The standard InChI is InChI=1S/C17H18N2O3/c1-19(2)8-9-20-13-5-3-4-11-12-6-7-14-17(22-10-21-14)16(12)18-15(11)13/h3-7,18H,8-10H2,1-2H3. The third-order valence-corrected chi connectivity index (χ3v) is 3.90. The average molecular weight is 298 g/mol. The number of fused-ring (bicyclic) bond motifs is 5. The molecular weight excluding hydrogens is 280 g/mol. The zero-order valence-corrected chi connectivity index (χ0v) is 12.7. The third kappa shape index (κ3) is 2.05. The molecule has 0 radical (unpaired) electrons. The highest BCUT2D eigenvalue weighted by molar-refractivity contribution is 6.11. The maximum Gasteiger partial charge on any atom is 0.231 e. The van der Waals surface area contributed by atoms with Crippen molar-refractivity contribution < 1.29 is 14.2 Å². The molecule has 1 aliphatic rings. The first-order valence-electron chi connectivity index (χ1n) is 7.34. The van der Waals surface area contributed by atoms with E-state index in [2.05, 4.69) is 22.0 Å². The first-order chi connectivity index (χ1) is 10.7. The Morgan fingerprint density at radius 2 is 1.95 bits per heavy atom. The minimum absolute atomic E-state index is 0.274. The van der Waals surface area contributed by atoms with E-state index in [0.717, 1.165) is 45.6 Å². The van der Waals surface area contributed by atoms with Crippen LogP contribution in [-0.4, -0.2) is 43.9 Å². The summed E-state index contributed by atoms with van der Waals surface area (Å²) in [6.07, 6.45) is 0. The minimum atomic E-state index is 0.274. The predicted molar refractivity (Wildman–Crippen MR) is 86.0 cm³/mol. The summed E-state index contributed by atoms with van der Waals surface area (Å²) < 4.78 is 17.0. The largest absolute Gasteiger partial charge is 0.490 e. The van der Waals surface area contributed by atoms with Crippen LogP contribution in [0.25, 0.3) is 21.8 Å². The Labute approximate surface area is 128 Å². The fraction of sp³-hybridized carbons (Fsp3) is 0.294. The van der Waals surface area contributed by atoms with E-state index in [4.69, 9.17) is 14.2 Å². The Morgan fingerprint density at radius 3 is 2.82 bits per heavy atom. The number of para-hydroxylation sites is 1. The molecule has 0 saturated carbocycles. The highest BCUT2D eigenvalue weighted by Crippen LogP contribution is 2.42. The summed E-state index contributed by atoms with van der Waals surface area (Å²) in [6, 6.07) is 10.1. The minimum Gasteiger partial charge on any atom is -0.490 e. The fourth-order valence-corrected chi connectivity index (χ4v) is 2.79. The Hall–Kier alpha value is -2.40. The molecule has 0 atom stereocenters. The third-order valence-electron chi connectivity index (χ3n) is 3.90. The SMILES string of the molecule is CN(C)CCOc1cccc2c1[nH]c1c3c(ccc12)OCO3. The van der Waals surface area contributed by atoms with Gasteiger partial charge in [-0.1, -0.05) is 12.1 Å². The van der Waals surface area contributed by atoms with Crippen molar-refractivity contribution in [2.24, 2.45) is 0 Å². The molecule has 2 heterocycles. The van der Waals surface area contributed by atoms with Crippen LogP contribution in [0.15, 0.2) is 30.3 Å². The number of aromatic nitrogens is 1. The lowest BCUT2D eigenvalue weighted by atomic mass is 10.1. The molecule has 4 rings (SSSR count). The van der Waals surface area contributed by atoms with Crippen LogP contribution in [0.4, 0.5) is 0 Å². The molecule has 114 valence electrons. The number of rotatable bonds is 4. The summed E-state index contributed by atoms with van der Waals surface area (Å²) in [7, 11) is 4.07. The topological polar surface area (TPSA) is 46.7 Å². The number of hydrogen-bond donors (Lipinski definition) is 1. The summed E-state index contributed by atoms with van der Waals surface area (Å²) in [5, 5.41) is 2.26. The van der Waals surface area contributed by atoms with Crippen molar-refractivity contribution in [3.63, 3.8) is 0 Å². The van der Waals surface area contributed by atoms with Crippen molar-refractivity contribution in [2.45, 2.75) is 0 Å². The molecule has 0 unspecified atom stereocenters. The predicted octanol–water partition coefficient (Wildman–Crippen LogP) is 2.99. The van der Waals surface area contributed by atoms with Gasteiger partial charge in [0.15, 0.2) is 11.5 Å². The number of hydrogen-bond acceptors (Lipinski definition) is 4. The molecule has 2 aromatic carbocycles. The maximum atomic E-state index is 5.93. The van der Waals surface area contributed by atoms with Gasteiger partial charge in [-0.25, -0.2) is 0 Å². The maximum absolute atomic E-state index is 5.93. The highest BCUT2D eigenvalue weighted by atomic mass is 16.7. The van der Waals surface area contributed by atoms with Gasteiger partial charge in [-0.2, -0.15) is 0 Å². The van der Waals surface area contributed by atoms with E-state index < -0.39 is 0 Å². The Kier molecular flexibility index (Phi) is 3.08. The molecule has 0 bridgehead atoms. The van der Waals surface area contributed by atoms with Crippen LogP contribution in [0.2, 0.25) is 0 Å². The van der Waals surface area contributed by atoms with Gasteiger partial charge >= 0.3 is 0 Å². The molecule has 5 nitrogen and oxygen atoms in total. The van der Waals surface area contributed by atoms with Crippen molar-refractivity contribution in [1.29, 1.82) is 0 Å². The van der Waals surface area contributed by atoms with Gasteiger partial charge in [-0.3, -0.25) is 0 Å². The lowest BCUT2D eigenvalue weighted by molar-refractivity contribution is 0.174. The van der Waals surface area contributed by atoms with Gasteiger partial charge in [0.05, 0.1) is 11.0 Å². The van der Waals surface area contributed by atoms with Crippen molar-refractivity contribution in [1.82, 2.24) is 9.88 Å². The van der Waals surface area contributed by atoms with Gasteiger partial charge in [0.1, 0.15) is 12.4 Å². The van der Waals surface area contributed by atoms with Gasteiger partial charge < -0.3 is 24.1 Å². The number of nitrogens with one attached hydrogen (secondary N) is 1. The van der Waals surface area contributed by atoms with E-state index in [1.807, 2.05) is 32.3 Å². The van der Waals surface area contributed by atoms with E-state index in [9.17, 15) is 0 Å². The lowest BCUT2D eigenvalue weighted by Crippen LogP contribution is -2.19. The molecule has 1 aromatic heterocycles. The van der Waals surface area contributed by atoms with Crippen LogP contribution in [0, 0.1) is 0 Å². The summed E-state index contributed by atoms with van der Waals surface area (Å²) >= 11 is 0. The average Bonchev–Trinajstić information content (AvgIpc) is 3.10. The number of nitrogens with zero attached hydrogens (tertiary/aromatic N) is 1. The first kappa shape index (κ1) is 13.3. The van der Waals surface area contributed by atoms with Crippen LogP contribution in [0.5, 0.6) is 17.2 Å². The zero-order valence-electron chi connectivity index (χ0n) is 12.7. The fourth-order valence-electron chi connectivity index (χ4n) is 2.79. The van der Waals surface area contributed by atoms with Gasteiger partial charge in [0, 0.05) is 17.3 Å². The molecule has 3 aromatic rings. The number of likely N-dealkylation sites (N-methyl/N-ethyl adjacent to an activating group) is 1. The van der Waals surface area contributed by atoms with Gasteiger partial charge in [-0.15, -0.1) is 0 Å². The number of aromatic amines is 1. The van der Waals surface area contributed by atoms with Crippen LogP contribution in [0.1, 0.15) is 0 Å². The van der Waals surface area contributed by atoms with E-state index >= 15 is 0 Å². The zero-order chi connectivity index (χ0) is 15.1. The van der Waals surface area contributed by atoms with Gasteiger partial charge in [0.2, 0.25) is 6.79 Å². The van der Waals surface area contributed by atoms with Crippen LogP contribution in [-0.2, 0) is 0 Å². The molecule has 1 N–H and O–H groups in total. The molecular formula is C17H18N2O3. The van der Waals surface area contributed by atoms with Crippen LogP contribution in [0.3, 0.4) is 0 Å². The number of benzene rings is 2. The van der Waals surface area contributed by atoms with E-state index in [1.165, 1.54) is 0 Å². The van der Waals surface area contributed by atoms with Crippen LogP contribution >= 0.6 is 0 Å². The highest BCUT2D eigenvalue weighted by Gasteiger charge is 2.20. The molecule has 22 heavy (non-hydrogen) atoms. The second kappa shape index (κ2) is 5.10. The van der Waals surface area contributed by atoms with Crippen molar-refractivity contribution in [2.75, 3.05) is 34.0 Å². The van der Waals surface area contributed by atoms with Gasteiger partial charge in [-0.05, 0) is 32.3 Å². The smallest absolute Gasteiger partial charge is 0.231 e.